The minimum absolute atomic E-state index is 0.0162. The van der Waals surface area contributed by atoms with E-state index in [0.29, 0.717) is 0 Å². The van der Waals surface area contributed by atoms with Gasteiger partial charge >= 0.3 is 0 Å². The molecule has 1 saturated heterocycles. The van der Waals surface area contributed by atoms with Crippen LogP contribution in [-0.2, 0) is 9.53 Å². The Morgan fingerprint density at radius 2 is 1.88 bits per heavy atom. The third kappa shape index (κ3) is 5.35. The summed E-state index contributed by atoms with van der Waals surface area (Å²) in [5, 5.41) is 35.6. The molecule has 8 heteroatoms. The van der Waals surface area contributed by atoms with Gasteiger partial charge in [-0.2, -0.15) is 0 Å². The van der Waals surface area contributed by atoms with Crippen LogP contribution in [0.3, 0.4) is 0 Å². The number of rotatable bonds is 2. The van der Waals surface area contributed by atoms with Gasteiger partial charge in [0.15, 0.2) is 6.29 Å². The van der Waals surface area contributed by atoms with Crippen molar-refractivity contribution in [3.8, 4) is 0 Å². The highest BCUT2D eigenvalue weighted by Crippen LogP contribution is 2.18. The fraction of sp³-hybridized carbons (Fsp3) is 0.875. The number of ether oxygens (including phenoxy) is 1. The van der Waals surface area contributed by atoms with E-state index in [0.717, 1.165) is 0 Å². The number of primary amides is 1. The average Bonchev–Trinajstić information content (AvgIpc) is 2.24. The van der Waals surface area contributed by atoms with Gasteiger partial charge in [0.25, 0.3) is 0 Å². The zero-order chi connectivity index (χ0) is 12.7. The van der Waals surface area contributed by atoms with E-state index in [-0.39, 0.29) is 13.0 Å². The Kier molecular flexibility index (Phi) is 7.13. The lowest BCUT2D eigenvalue weighted by molar-refractivity contribution is -0.239. The van der Waals surface area contributed by atoms with E-state index in [9.17, 15) is 4.79 Å². The molecule has 0 radical (unpaired) electrons. The third-order valence-electron chi connectivity index (χ3n) is 1.93. The summed E-state index contributed by atoms with van der Waals surface area (Å²) in [6.07, 6.45) is -4.11. The maximum Gasteiger partial charge on any atom is 0.231 e. The second-order valence-electron chi connectivity index (χ2n) is 3.28. The minimum atomic E-state index is -1.11. The molecule has 1 aliphatic heterocycles. The monoisotopic (exact) mass is 238 g/mol. The summed E-state index contributed by atoms with van der Waals surface area (Å²) in [6.45, 7) is -0.463. The van der Waals surface area contributed by atoms with Crippen LogP contribution < -0.4 is 11.5 Å². The van der Waals surface area contributed by atoms with Gasteiger partial charge in [-0.05, 0) is 0 Å². The molecule has 0 spiro atoms. The fourth-order valence-electron chi connectivity index (χ4n) is 1.08. The number of amides is 1. The zero-order valence-corrected chi connectivity index (χ0v) is 8.69. The Balaban J connectivity index is 0.000000385. The van der Waals surface area contributed by atoms with Crippen LogP contribution >= 0.6 is 0 Å². The van der Waals surface area contributed by atoms with Crippen molar-refractivity contribution in [1.82, 2.24) is 0 Å². The van der Waals surface area contributed by atoms with Crippen molar-refractivity contribution >= 4 is 5.91 Å². The van der Waals surface area contributed by atoms with Crippen molar-refractivity contribution in [1.29, 1.82) is 0 Å². The first-order chi connectivity index (χ1) is 7.42. The van der Waals surface area contributed by atoms with E-state index in [4.69, 9.17) is 30.9 Å². The van der Waals surface area contributed by atoms with Crippen LogP contribution in [0.4, 0.5) is 0 Å². The SMILES string of the molecule is NCC(N)=O.OC[C@H]1OC(O)C[C@@H](O)[C@@H]1O. The van der Waals surface area contributed by atoms with Crippen molar-refractivity contribution < 1.29 is 30.0 Å². The molecule has 0 aliphatic carbocycles. The van der Waals surface area contributed by atoms with Crippen molar-refractivity contribution in [2.24, 2.45) is 11.5 Å². The molecule has 4 atom stereocenters. The summed E-state index contributed by atoms with van der Waals surface area (Å²) >= 11 is 0. The first kappa shape index (κ1) is 15.2. The van der Waals surface area contributed by atoms with Gasteiger partial charge in [-0.3, -0.25) is 4.79 Å². The van der Waals surface area contributed by atoms with E-state index in [1.54, 1.807) is 0 Å². The summed E-state index contributed by atoms with van der Waals surface area (Å²) in [7, 11) is 0. The lowest BCUT2D eigenvalue weighted by atomic mass is 10.0. The Bertz CT molecular complexity index is 215. The second-order valence-corrected chi connectivity index (χ2v) is 3.28. The fourth-order valence-corrected chi connectivity index (χ4v) is 1.08. The maximum absolute atomic E-state index is 9.47. The molecule has 1 fully saturated rings. The molecule has 0 saturated carbocycles. The number of hydrogen-bond donors (Lipinski definition) is 6. The van der Waals surface area contributed by atoms with Gasteiger partial charge in [0.2, 0.25) is 5.91 Å². The van der Waals surface area contributed by atoms with Gasteiger partial charge in [-0.1, -0.05) is 0 Å². The van der Waals surface area contributed by atoms with E-state index in [1.807, 2.05) is 0 Å². The smallest absolute Gasteiger partial charge is 0.231 e. The molecule has 1 rings (SSSR count). The summed E-state index contributed by atoms with van der Waals surface area (Å²) in [6, 6.07) is 0. The molecule has 8 nitrogen and oxygen atoms in total. The minimum Gasteiger partial charge on any atom is -0.394 e. The van der Waals surface area contributed by atoms with Crippen molar-refractivity contribution in [2.45, 2.75) is 31.0 Å². The van der Waals surface area contributed by atoms with Crippen LogP contribution in [0.25, 0.3) is 0 Å². The second kappa shape index (κ2) is 7.49. The molecule has 0 aromatic carbocycles. The maximum atomic E-state index is 9.47. The first-order valence-electron chi connectivity index (χ1n) is 4.71. The zero-order valence-electron chi connectivity index (χ0n) is 8.69. The standard InChI is InChI=1S/C6H12O5.C2H6N2O/c7-2-4-6(10)3(8)1-5(9)11-4;3-1-2(4)5/h3-10H,1-2H2;1,3H2,(H2,4,5)/t3-,4-,5?,6+;/m1./s1. The van der Waals surface area contributed by atoms with Crippen LogP contribution in [0.5, 0.6) is 0 Å². The lowest BCUT2D eigenvalue weighted by Gasteiger charge is -2.33. The molecule has 96 valence electrons. The van der Waals surface area contributed by atoms with Crippen LogP contribution in [0.1, 0.15) is 6.42 Å². The number of aliphatic hydroxyl groups is 4. The molecular formula is C8H18N2O6. The molecule has 1 amide bonds. The summed E-state index contributed by atoms with van der Waals surface area (Å²) in [4.78, 5) is 9.47. The van der Waals surface area contributed by atoms with Crippen LogP contribution in [0, 0.1) is 0 Å². The number of hydrogen-bond acceptors (Lipinski definition) is 7. The first-order valence-corrected chi connectivity index (χ1v) is 4.71. The average molecular weight is 238 g/mol. The Morgan fingerprint density at radius 1 is 1.38 bits per heavy atom. The quantitative estimate of drug-likeness (QED) is 0.288. The molecular weight excluding hydrogens is 220 g/mol. The third-order valence-corrected chi connectivity index (χ3v) is 1.93. The largest absolute Gasteiger partial charge is 0.394 e. The highest BCUT2D eigenvalue weighted by Gasteiger charge is 2.35. The molecule has 0 bridgehead atoms. The van der Waals surface area contributed by atoms with Gasteiger partial charge in [-0.25, -0.2) is 0 Å². The normalized spacial score (nSPS) is 33.8. The molecule has 0 aromatic heterocycles. The molecule has 8 N–H and O–H groups in total. The van der Waals surface area contributed by atoms with Gasteiger partial charge in [-0.15, -0.1) is 0 Å². The molecule has 16 heavy (non-hydrogen) atoms. The van der Waals surface area contributed by atoms with Gasteiger partial charge in [0.1, 0.15) is 12.2 Å². The molecule has 1 heterocycles. The lowest BCUT2D eigenvalue weighted by Crippen LogP contribution is -2.49. The van der Waals surface area contributed by atoms with E-state index in [1.165, 1.54) is 0 Å². The van der Waals surface area contributed by atoms with E-state index in [2.05, 4.69) is 5.73 Å². The molecule has 0 aromatic rings. The summed E-state index contributed by atoms with van der Waals surface area (Å²) in [5.74, 6) is -0.468. The van der Waals surface area contributed by atoms with E-state index >= 15 is 0 Å². The Labute approximate surface area is 92.4 Å². The van der Waals surface area contributed by atoms with Crippen molar-refractivity contribution in [3.63, 3.8) is 0 Å². The molecule has 1 aliphatic rings. The van der Waals surface area contributed by atoms with Gasteiger partial charge in [0.05, 0.1) is 19.3 Å². The molecule has 1 unspecified atom stereocenters. The predicted octanol–water partition coefficient (Wildman–Crippen LogP) is -3.76. The van der Waals surface area contributed by atoms with Crippen LogP contribution in [-0.4, -0.2) is 64.1 Å². The Morgan fingerprint density at radius 3 is 2.25 bits per heavy atom. The highest BCUT2D eigenvalue weighted by molar-refractivity contribution is 5.75. The predicted molar refractivity (Wildman–Crippen MR) is 52.8 cm³/mol. The highest BCUT2D eigenvalue weighted by atomic mass is 16.6. The van der Waals surface area contributed by atoms with Gasteiger partial charge in [0, 0.05) is 6.42 Å². The Hall–Kier alpha value is -0.770. The number of nitrogens with two attached hydrogens (primary N) is 2. The van der Waals surface area contributed by atoms with Crippen LogP contribution in [0.2, 0.25) is 0 Å². The van der Waals surface area contributed by atoms with Crippen molar-refractivity contribution in [2.75, 3.05) is 13.2 Å². The summed E-state index contributed by atoms with van der Waals surface area (Å²) < 4.78 is 4.71. The summed E-state index contributed by atoms with van der Waals surface area (Å²) in [5.41, 5.74) is 9.22. The number of aliphatic hydroxyl groups excluding tert-OH is 4. The van der Waals surface area contributed by atoms with Crippen molar-refractivity contribution in [3.05, 3.63) is 0 Å². The number of carbonyl (C=O) groups is 1. The van der Waals surface area contributed by atoms with E-state index < -0.39 is 37.1 Å². The van der Waals surface area contributed by atoms with Gasteiger partial charge < -0.3 is 36.6 Å². The van der Waals surface area contributed by atoms with Crippen LogP contribution in [0.15, 0.2) is 0 Å². The topological polar surface area (TPSA) is 159 Å². The number of carbonyl (C=O) groups excluding carboxylic acids is 1.